The Morgan fingerprint density at radius 1 is 1.41 bits per heavy atom. The largest absolute Gasteiger partial charge is 0.463 e. The lowest BCUT2D eigenvalue weighted by molar-refractivity contribution is 0.264. The molecule has 0 aromatic carbocycles. The molecule has 0 bridgehead atoms. The second kappa shape index (κ2) is 6.47. The fraction of sp³-hybridized carbons (Fsp3) is 0.692. The van der Waals surface area contributed by atoms with Gasteiger partial charge in [-0.3, -0.25) is 4.90 Å². The van der Waals surface area contributed by atoms with Crippen molar-refractivity contribution in [2.45, 2.75) is 26.9 Å². The van der Waals surface area contributed by atoms with Crippen LogP contribution in [0.15, 0.2) is 10.5 Å². The molecule has 17 heavy (non-hydrogen) atoms. The standard InChI is InChI=1S/C13H22N2OS/c1-3-14-9-13-11(2)8-12(16-13)10-15-4-6-17-7-5-15/h8,14H,3-7,9-10H2,1-2H3. The van der Waals surface area contributed by atoms with Gasteiger partial charge in [0.2, 0.25) is 0 Å². The van der Waals surface area contributed by atoms with Gasteiger partial charge in [0.15, 0.2) is 0 Å². The second-order valence-corrected chi connectivity index (χ2v) is 5.71. The first-order valence-corrected chi connectivity index (χ1v) is 7.54. The van der Waals surface area contributed by atoms with Crippen LogP contribution >= 0.6 is 11.8 Å². The minimum Gasteiger partial charge on any atom is -0.463 e. The number of nitrogens with one attached hydrogen (secondary N) is 1. The van der Waals surface area contributed by atoms with E-state index in [0.29, 0.717) is 0 Å². The average molecular weight is 254 g/mol. The van der Waals surface area contributed by atoms with E-state index in [1.165, 1.54) is 30.2 Å². The van der Waals surface area contributed by atoms with Crippen molar-refractivity contribution in [2.75, 3.05) is 31.1 Å². The number of nitrogens with zero attached hydrogens (tertiary/aromatic N) is 1. The zero-order valence-corrected chi connectivity index (χ0v) is 11.6. The lowest BCUT2D eigenvalue weighted by atomic mass is 10.2. The Bertz CT molecular complexity index is 345. The van der Waals surface area contributed by atoms with E-state index in [4.69, 9.17) is 4.42 Å². The summed E-state index contributed by atoms with van der Waals surface area (Å²) in [4.78, 5) is 2.48. The number of furan rings is 1. The highest BCUT2D eigenvalue weighted by atomic mass is 32.2. The minimum absolute atomic E-state index is 0.845. The summed E-state index contributed by atoms with van der Waals surface area (Å²) in [6.07, 6.45) is 0. The summed E-state index contributed by atoms with van der Waals surface area (Å²) in [6.45, 7) is 9.42. The van der Waals surface area contributed by atoms with Gasteiger partial charge in [0.1, 0.15) is 11.5 Å². The van der Waals surface area contributed by atoms with Crippen molar-refractivity contribution >= 4 is 11.8 Å². The predicted molar refractivity (Wildman–Crippen MR) is 73.4 cm³/mol. The van der Waals surface area contributed by atoms with Gasteiger partial charge in [-0.25, -0.2) is 0 Å². The van der Waals surface area contributed by atoms with Crippen molar-refractivity contribution < 1.29 is 4.42 Å². The van der Waals surface area contributed by atoms with E-state index in [9.17, 15) is 0 Å². The van der Waals surface area contributed by atoms with Crippen LogP contribution in [-0.4, -0.2) is 36.0 Å². The van der Waals surface area contributed by atoms with Crippen LogP contribution in [0.2, 0.25) is 0 Å². The number of rotatable bonds is 5. The topological polar surface area (TPSA) is 28.4 Å². The van der Waals surface area contributed by atoms with Gasteiger partial charge in [-0.05, 0) is 25.1 Å². The number of aryl methyl sites for hydroxylation is 1. The molecule has 1 aromatic rings. The fourth-order valence-corrected chi connectivity index (χ4v) is 3.04. The van der Waals surface area contributed by atoms with Gasteiger partial charge in [0.05, 0.1) is 13.1 Å². The molecule has 0 saturated carbocycles. The maximum absolute atomic E-state index is 5.91. The molecule has 3 nitrogen and oxygen atoms in total. The summed E-state index contributed by atoms with van der Waals surface area (Å²) < 4.78 is 5.91. The quantitative estimate of drug-likeness (QED) is 0.872. The first kappa shape index (κ1) is 13.0. The van der Waals surface area contributed by atoms with Crippen LogP contribution in [0.25, 0.3) is 0 Å². The highest BCUT2D eigenvalue weighted by Gasteiger charge is 2.14. The summed E-state index contributed by atoms with van der Waals surface area (Å²) in [5.41, 5.74) is 1.27. The van der Waals surface area contributed by atoms with Crippen molar-refractivity contribution in [1.29, 1.82) is 0 Å². The van der Waals surface area contributed by atoms with Crippen molar-refractivity contribution in [2.24, 2.45) is 0 Å². The molecule has 4 heteroatoms. The van der Waals surface area contributed by atoms with E-state index in [-0.39, 0.29) is 0 Å². The SMILES string of the molecule is CCNCc1oc(CN2CCSCC2)cc1C. The third kappa shape index (κ3) is 3.76. The molecule has 1 aliphatic heterocycles. The third-order valence-electron chi connectivity index (χ3n) is 3.09. The summed E-state index contributed by atoms with van der Waals surface area (Å²) in [7, 11) is 0. The molecule has 0 unspecified atom stereocenters. The van der Waals surface area contributed by atoms with Gasteiger partial charge in [-0.2, -0.15) is 11.8 Å². The van der Waals surface area contributed by atoms with Crippen LogP contribution in [-0.2, 0) is 13.1 Å². The maximum Gasteiger partial charge on any atom is 0.120 e. The number of hydrogen-bond donors (Lipinski definition) is 1. The maximum atomic E-state index is 5.91. The Hall–Kier alpha value is -0.450. The van der Waals surface area contributed by atoms with Gasteiger partial charge in [-0.1, -0.05) is 6.92 Å². The third-order valence-corrected chi connectivity index (χ3v) is 4.03. The molecular formula is C13H22N2OS. The Morgan fingerprint density at radius 2 is 2.18 bits per heavy atom. The van der Waals surface area contributed by atoms with Crippen LogP contribution in [0.3, 0.4) is 0 Å². The van der Waals surface area contributed by atoms with Crippen LogP contribution in [0.1, 0.15) is 24.0 Å². The van der Waals surface area contributed by atoms with Crippen molar-refractivity contribution in [3.05, 3.63) is 23.2 Å². The normalized spacial score (nSPS) is 17.5. The monoisotopic (exact) mass is 254 g/mol. The minimum atomic E-state index is 0.845. The van der Waals surface area contributed by atoms with E-state index in [1.54, 1.807) is 0 Å². The molecule has 1 saturated heterocycles. The molecule has 2 rings (SSSR count). The van der Waals surface area contributed by atoms with Crippen molar-refractivity contribution in [3.8, 4) is 0 Å². The van der Waals surface area contributed by atoms with Crippen LogP contribution in [0, 0.1) is 6.92 Å². The van der Waals surface area contributed by atoms with E-state index < -0.39 is 0 Å². The van der Waals surface area contributed by atoms with E-state index >= 15 is 0 Å². The molecule has 1 N–H and O–H groups in total. The first-order chi connectivity index (χ1) is 8.29. The van der Waals surface area contributed by atoms with Gasteiger partial charge in [0.25, 0.3) is 0 Å². The van der Waals surface area contributed by atoms with E-state index in [2.05, 4.69) is 30.1 Å². The molecule has 0 aliphatic carbocycles. The van der Waals surface area contributed by atoms with Gasteiger partial charge in [-0.15, -0.1) is 0 Å². The smallest absolute Gasteiger partial charge is 0.120 e. The average Bonchev–Trinajstić information content (AvgIpc) is 2.68. The summed E-state index contributed by atoms with van der Waals surface area (Å²) in [5.74, 6) is 4.71. The van der Waals surface area contributed by atoms with Crippen molar-refractivity contribution in [1.82, 2.24) is 10.2 Å². The van der Waals surface area contributed by atoms with Crippen LogP contribution < -0.4 is 5.32 Å². The van der Waals surface area contributed by atoms with Crippen LogP contribution in [0.4, 0.5) is 0 Å². The van der Waals surface area contributed by atoms with E-state index in [1.807, 2.05) is 11.8 Å². The Morgan fingerprint density at radius 3 is 2.88 bits per heavy atom. The number of hydrogen-bond acceptors (Lipinski definition) is 4. The lowest BCUT2D eigenvalue weighted by Crippen LogP contribution is -2.31. The molecule has 96 valence electrons. The van der Waals surface area contributed by atoms with E-state index in [0.717, 1.165) is 31.2 Å². The first-order valence-electron chi connectivity index (χ1n) is 6.38. The molecule has 1 aliphatic rings. The Kier molecular flexibility index (Phi) is 4.95. The lowest BCUT2D eigenvalue weighted by Gasteiger charge is -2.24. The summed E-state index contributed by atoms with van der Waals surface area (Å²) in [5, 5.41) is 3.31. The molecule has 0 spiro atoms. The summed E-state index contributed by atoms with van der Waals surface area (Å²) in [6, 6.07) is 2.19. The highest BCUT2D eigenvalue weighted by molar-refractivity contribution is 7.99. The zero-order valence-electron chi connectivity index (χ0n) is 10.8. The molecule has 0 atom stereocenters. The summed E-state index contributed by atoms with van der Waals surface area (Å²) >= 11 is 2.05. The molecular weight excluding hydrogens is 232 g/mol. The molecule has 1 aromatic heterocycles. The Labute approximate surface area is 108 Å². The molecule has 0 radical (unpaired) electrons. The fourth-order valence-electron chi connectivity index (χ4n) is 2.06. The van der Waals surface area contributed by atoms with Gasteiger partial charge in [0, 0.05) is 24.6 Å². The zero-order chi connectivity index (χ0) is 12.1. The van der Waals surface area contributed by atoms with Crippen molar-refractivity contribution in [3.63, 3.8) is 0 Å². The number of thioether (sulfide) groups is 1. The van der Waals surface area contributed by atoms with Crippen LogP contribution in [0.5, 0.6) is 0 Å². The molecule has 1 fully saturated rings. The highest BCUT2D eigenvalue weighted by Crippen LogP contribution is 2.18. The van der Waals surface area contributed by atoms with Gasteiger partial charge < -0.3 is 9.73 Å². The second-order valence-electron chi connectivity index (χ2n) is 4.49. The van der Waals surface area contributed by atoms with Gasteiger partial charge >= 0.3 is 0 Å². The molecule has 2 heterocycles. The predicted octanol–water partition coefficient (Wildman–Crippen LogP) is 2.25. The Balaban J connectivity index is 1.91. The molecule has 0 amide bonds.